The van der Waals surface area contributed by atoms with Crippen LogP contribution in [-0.4, -0.2) is 56.0 Å². The first-order valence-corrected chi connectivity index (χ1v) is 10.9. The van der Waals surface area contributed by atoms with Gasteiger partial charge in [-0.05, 0) is 55.8 Å². The number of hydrogen-bond acceptors (Lipinski definition) is 3. The maximum atomic E-state index is 13.8. The molecule has 1 fully saturated rings. The number of nitrogens with one attached hydrogen (secondary N) is 1. The molecule has 0 bridgehead atoms. The summed E-state index contributed by atoms with van der Waals surface area (Å²) >= 11 is 1.81. The number of likely N-dealkylation sites (tertiary alicyclic amines) is 1. The molecule has 0 amide bonds. The van der Waals surface area contributed by atoms with Crippen molar-refractivity contribution in [1.82, 2.24) is 15.1 Å². The van der Waals surface area contributed by atoms with Crippen LogP contribution in [0.1, 0.15) is 23.3 Å². The van der Waals surface area contributed by atoms with Crippen molar-refractivity contribution in [3.63, 3.8) is 0 Å². The Balaban J connectivity index is 0.00000300. The van der Waals surface area contributed by atoms with E-state index in [1.807, 2.05) is 19.2 Å². The first-order valence-electron chi connectivity index (χ1n) is 10.1. The summed E-state index contributed by atoms with van der Waals surface area (Å²) in [6, 6.07) is 11.4. The number of nitrogens with zero attached hydrogens (tertiary/aromatic N) is 3. The molecule has 29 heavy (non-hydrogen) atoms. The van der Waals surface area contributed by atoms with Crippen LogP contribution in [0, 0.1) is 11.7 Å². The molecule has 160 valence electrons. The topological polar surface area (TPSA) is 30.9 Å². The van der Waals surface area contributed by atoms with Crippen LogP contribution in [-0.2, 0) is 13.0 Å². The number of guanidine groups is 1. The van der Waals surface area contributed by atoms with Crippen molar-refractivity contribution in [3.8, 4) is 0 Å². The number of rotatable bonds is 7. The Labute approximate surface area is 195 Å². The fourth-order valence-electron chi connectivity index (χ4n) is 3.68. The molecule has 3 rings (SSSR count). The summed E-state index contributed by atoms with van der Waals surface area (Å²) < 4.78 is 13.8. The number of hydrogen-bond donors (Lipinski definition) is 1. The second-order valence-corrected chi connectivity index (χ2v) is 8.52. The van der Waals surface area contributed by atoms with E-state index in [1.165, 1.54) is 4.88 Å². The van der Waals surface area contributed by atoms with Crippen molar-refractivity contribution in [3.05, 3.63) is 58.0 Å². The molecular formula is C22H32FIN4S. The van der Waals surface area contributed by atoms with Crippen LogP contribution in [0.3, 0.4) is 0 Å². The van der Waals surface area contributed by atoms with Gasteiger partial charge in [0.15, 0.2) is 5.96 Å². The molecule has 1 aliphatic rings. The quantitative estimate of drug-likeness (QED) is 0.326. The van der Waals surface area contributed by atoms with Crippen LogP contribution in [0.25, 0.3) is 0 Å². The van der Waals surface area contributed by atoms with Gasteiger partial charge in [0.05, 0.1) is 0 Å². The standard InChI is InChI=1S/C22H31FN4S.HI/c1-24-22(26(2)12-11-20-7-5-15-28-20)25-16-18-9-13-27(14-10-18)17-19-6-3-4-8-21(19)23;/h3-8,15,18H,9-14,16-17H2,1-2H3,(H,24,25);1H. The van der Waals surface area contributed by atoms with Gasteiger partial charge in [-0.15, -0.1) is 35.3 Å². The van der Waals surface area contributed by atoms with E-state index < -0.39 is 0 Å². The number of halogens is 2. The Hall–Kier alpha value is -1.19. The second-order valence-electron chi connectivity index (χ2n) is 7.49. The van der Waals surface area contributed by atoms with Gasteiger partial charge >= 0.3 is 0 Å². The average molecular weight is 530 g/mol. The monoisotopic (exact) mass is 530 g/mol. The lowest BCUT2D eigenvalue weighted by molar-refractivity contribution is 0.176. The summed E-state index contributed by atoms with van der Waals surface area (Å²) in [5, 5.41) is 5.67. The van der Waals surface area contributed by atoms with E-state index in [4.69, 9.17) is 0 Å². The van der Waals surface area contributed by atoms with E-state index in [9.17, 15) is 4.39 Å². The van der Waals surface area contributed by atoms with Crippen molar-refractivity contribution in [2.24, 2.45) is 10.9 Å². The van der Waals surface area contributed by atoms with E-state index >= 15 is 0 Å². The van der Waals surface area contributed by atoms with Gasteiger partial charge in [-0.1, -0.05) is 24.3 Å². The zero-order valence-corrected chi connectivity index (χ0v) is 20.5. The Morgan fingerprint density at radius 1 is 1.24 bits per heavy atom. The number of benzene rings is 1. The maximum Gasteiger partial charge on any atom is 0.193 e. The summed E-state index contributed by atoms with van der Waals surface area (Å²) in [4.78, 5) is 10.4. The largest absolute Gasteiger partial charge is 0.356 e. The van der Waals surface area contributed by atoms with Gasteiger partial charge in [-0.3, -0.25) is 9.89 Å². The molecule has 2 aromatic rings. The van der Waals surface area contributed by atoms with Gasteiger partial charge < -0.3 is 10.2 Å². The van der Waals surface area contributed by atoms with E-state index in [0.29, 0.717) is 12.5 Å². The Bertz CT molecular complexity index is 745. The number of aliphatic imine (C=N–C) groups is 1. The van der Waals surface area contributed by atoms with Crippen LogP contribution in [0.15, 0.2) is 46.8 Å². The fraction of sp³-hybridized carbons (Fsp3) is 0.500. The predicted octanol–water partition coefficient (Wildman–Crippen LogP) is 4.47. The van der Waals surface area contributed by atoms with Gasteiger partial charge in [0.1, 0.15) is 5.82 Å². The lowest BCUT2D eigenvalue weighted by atomic mass is 9.96. The summed E-state index contributed by atoms with van der Waals surface area (Å²) in [6.45, 7) is 4.66. The highest BCUT2D eigenvalue weighted by Crippen LogP contribution is 2.19. The summed E-state index contributed by atoms with van der Waals surface area (Å²) in [5.41, 5.74) is 0.798. The normalized spacial score (nSPS) is 15.8. The first kappa shape index (κ1) is 24.1. The lowest BCUT2D eigenvalue weighted by Crippen LogP contribution is -2.44. The predicted molar refractivity (Wildman–Crippen MR) is 132 cm³/mol. The van der Waals surface area contributed by atoms with Crippen molar-refractivity contribution < 1.29 is 4.39 Å². The summed E-state index contributed by atoms with van der Waals surface area (Å²) in [5.74, 6) is 1.50. The summed E-state index contributed by atoms with van der Waals surface area (Å²) in [7, 11) is 3.95. The molecule has 0 aliphatic carbocycles. The lowest BCUT2D eigenvalue weighted by Gasteiger charge is -2.33. The Morgan fingerprint density at radius 2 is 2.00 bits per heavy atom. The van der Waals surface area contributed by atoms with Crippen LogP contribution in [0.2, 0.25) is 0 Å². The SMILES string of the molecule is CN=C(NCC1CCN(Cc2ccccc2F)CC1)N(C)CCc1cccs1.I. The number of piperidine rings is 1. The zero-order chi connectivity index (χ0) is 19.8. The fourth-order valence-corrected chi connectivity index (χ4v) is 4.37. The van der Waals surface area contributed by atoms with Crippen molar-refractivity contribution in [2.45, 2.75) is 25.8 Å². The third kappa shape index (κ3) is 7.53. The molecule has 7 heteroatoms. The molecule has 1 aromatic carbocycles. The van der Waals surface area contributed by atoms with Gasteiger partial charge in [0, 0.05) is 44.2 Å². The first-order chi connectivity index (χ1) is 13.7. The summed E-state index contributed by atoms with van der Waals surface area (Å²) in [6.07, 6.45) is 3.32. The number of likely N-dealkylation sites (N-methyl/N-ethyl adjacent to an activating group) is 1. The van der Waals surface area contributed by atoms with Gasteiger partial charge in [0.2, 0.25) is 0 Å². The minimum atomic E-state index is -0.0966. The van der Waals surface area contributed by atoms with Crippen molar-refractivity contribution >= 4 is 41.3 Å². The molecule has 0 unspecified atom stereocenters. The molecule has 2 heterocycles. The molecule has 0 saturated carbocycles. The van der Waals surface area contributed by atoms with Crippen LogP contribution >= 0.6 is 35.3 Å². The van der Waals surface area contributed by atoms with Crippen LogP contribution in [0.5, 0.6) is 0 Å². The number of thiophene rings is 1. The molecule has 0 spiro atoms. The Morgan fingerprint density at radius 3 is 2.66 bits per heavy atom. The average Bonchev–Trinajstić information content (AvgIpc) is 3.23. The van der Waals surface area contributed by atoms with Crippen LogP contribution < -0.4 is 5.32 Å². The second kappa shape index (κ2) is 12.5. The third-order valence-corrected chi connectivity index (χ3v) is 6.39. The highest BCUT2D eigenvalue weighted by atomic mass is 127. The third-order valence-electron chi connectivity index (χ3n) is 5.45. The van der Waals surface area contributed by atoms with E-state index in [1.54, 1.807) is 23.5 Å². The van der Waals surface area contributed by atoms with Crippen molar-refractivity contribution in [1.29, 1.82) is 0 Å². The van der Waals surface area contributed by atoms with E-state index in [0.717, 1.165) is 57.0 Å². The highest BCUT2D eigenvalue weighted by molar-refractivity contribution is 14.0. The molecule has 1 N–H and O–H groups in total. The molecule has 1 aromatic heterocycles. The smallest absolute Gasteiger partial charge is 0.193 e. The molecule has 0 atom stereocenters. The van der Waals surface area contributed by atoms with Gasteiger partial charge in [0.25, 0.3) is 0 Å². The Kier molecular flexibility index (Phi) is 10.4. The molecule has 1 aliphatic heterocycles. The van der Waals surface area contributed by atoms with Gasteiger partial charge in [-0.2, -0.15) is 0 Å². The van der Waals surface area contributed by atoms with Crippen LogP contribution in [0.4, 0.5) is 4.39 Å². The van der Waals surface area contributed by atoms with E-state index in [2.05, 4.69) is 44.7 Å². The zero-order valence-electron chi connectivity index (χ0n) is 17.3. The molecule has 1 saturated heterocycles. The molecule has 4 nitrogen and oxygen atoms in total. The molecule has 0 radical (unpaired) electrons. The minimum Gasteiger partial charge on any atom is -0.356 e. The van der Waals surface area contributed by atoms with E-state index in [-0.39, 0.29) is 29.8 Å². The minimum absolute atomic E-state index is 0. The maximum absolute atomic E-state index is 13.8. The highest BCUT2D eigenvalue weighted by Gasteiger charge is 2.20. The molecular weight excluding hydrogens is 498 g/mol. The van der Waals surface area contributed by atoms with Gasteiger partial charge in [-0.25, -0.2) is 4.39 Å². The van der Waals surface area contributed by atoms with Crippen molar-refractivity contribution in [2.75, 3.05) is 40.3 Å².